The van der Waals surface area contributed by atoms with Gasteiger partial charge in [-0.05, 0) is 15.4 Å². The summed E-state index contributed by atoms with van der Waals surface area (Å²) in [5.74, 6) is -0.0112. The van der Waals surface area contributed by atoms with Crippen LogP contribution in [-0.4, -0.2) is 14.2 Å². The monoisotopic (exact) mass is 572 g/mol. The summed E-state index contributed by atoms with van der Waals surface area (Å²) in [6, 6.07) is 33.6. The topological polar surface area (TPSA) is 42.2 Å². The van der Waals surface area contributed by atoms with Crippen molar-refractivity contribution in [1.82, 2.24) is 0 Å². The second-order valence-corrected chi connectivity index (χ2v) is 14.7. The molecule has 0 fully saturated rings. The molecule has 0 spiro atoms. The summed E-state index contributed by atoms with van der Waals surface area (Å²) in [4.78, 5) is 12.9. The SMILES string of the molecule is CC(C)(C)[Si](OC1CC(=O)Nc2c[n+](Cc3ccccc3)ccc21)(c1ccccc1)c1ccccc1.[Br-]. The maximum Gasteiger partial charge on any atom is 0.261 e. The Morgan fingerprint density at radius 1 is 0.865 bits per heavy atom. The standard InChI is InChI=1S/C31H32N2O2Si.BrH/c1-31(2,3)36(25-15-9-5-10-16-25,26-17-11-6-12-18-26)35-29-21-30(34)32-28-23-33(20-19-27(28)29)22-24-13-7-4-8-14-24;/h4-20,23,29H,21-22H2,1-3H3;1H. The second-order valence-electron chi connectivity index (χ2n) is 10.5. The quantitative estimate of drug-likeness (QED) is 0.283. The van der Waals surface area contributed by atoms with Gasteiger partial charge >= 0.3 is 0 Å². The summed E-state index contributed by atoms with van der Waals surface area (Å²) >= 11 is 0. The second kappa shape index (κ2) is 11.1. The number of rotatable bonds is 6. The number of carbonyl (C=O) groups is 1. The number of benzene rings is 3. The van der Waals surface area contributed by atoms with E-state index in [4.69, 9.17) is 4.43 Å². The van der Waals surface area contributed by atoms with Crippen LogP contribution in [0.1, 0.15) is 44.4 Å². The van der Waals surface area contributed by atoms with Gasteiger partial charge in [-0.15, -0.1) is 0 Å². The lowest BCUT2D eigenvalue weighted by Crippen LogP contribution is -3.00. The lowest BCUT2D eigenvalue weighted by Gasteiger charge is -2.45. The zero-order valence-electron chi connectivity index (χ0n) is 21.5. The van der Waals surface area contributed by atoms with Crippen molar-refractivity contribution in [3.05, 3.63) is 121 Å². The molecule has 2 heterocycles. The van der Waals surface area contributed by atoms with E-state index in [1.165, 1.54) is 15.9 Å². The van der Waals surface area contributed by atoms with Crippen molar-refractivity contribution < 1.29 is 30.8 Å². The van der Waals surface area contributed by atoms with Crippen molar-refractivity contribution in [2.45, 2.75) is 44.9 Å². The molecule has 190 valence electrons. The van der Waals surface area contributed by atoms with Gasteiger partial charge in [-0.25, -0.2) is 0 Å². The molecule has 5 rings (SSSR count). The molecule has 0 bridgehead atoms. The van der Waals surface area contributed by atoms with Gasteiger partial charge in [0.15, 0.2) is 18.9 Å². The molecule has 1 amide bonds. The van der Waals surface area contributed by atoms with Crippen LogP contribution in [-0.2, 0) is 15.8 Å². The lowest BCUT2D eigenvalue weighted by atomic mass is 10.0. The average Bonchev–Trinajstić information content (AvgIpc) is 2.88. The first kappa shape index (κ1) is 27.0. The maximum atomic E-state index is 12.9. The number of aromatic nitrogens is 1. The van der Waals surface area contributed by atoms with E-state index in [1.54, 1.807) is 0 Å². The Kier molecular flexibility index (Phi) is 8.12. The van der Waals surface area contributed by atoms with Gasteiger partial charge in [0.05, 0.1) is 12.5 Å². The Balaban J connectivity index is 0.00000320. The van der Waals surface area contributed by atoms with E-state index >= 15 is 0 Å². The first-order valence-electron chi connectivity index (χ1n) is 12.5. The summed E-state index contributed by atoms with van der Waals surface area (Å²) in [6.07, 6.45) is 4.10. The third-order valence-corrected chi connectivity index (χ3v) is 12.0. The summed E-state index contributed by atoms with van der Waals surface area (Å²) in [6.45, 7) is 7.54. The van der Waals surface area contributed by atoms with Gasteiger partial charge in [-0.1, -0.05) is 112 Å². The van der Waals surface area contributed by atoms with Crippen molar-refractivity contribution in [2.75, 3.05) is 5.32 Å². The molecule has 1 aromatic heterocycles. The highest BCUT2D eigenvalue weighted by Gasteiger charge is 2.52. The van der Waals surface area contributed by atoms with Crippen LogP contribution in [0.25, 0.3) is 0 Å². The van der Waals surface area contributed by atoms with Crippen LogP contribution in [0.5, 0.6) is 0 Å². The van der Waals surface area contributed by atoms with Crippen LogP contribution < -0.4 is 37.2 Å². The predicted octanol–water partition coefficient (Wildman–Crippen LogP) is 1.99. The number of carbonyl (C=O) groups excluding carboxylic acids is 1. The van der Waals surface area contributed by atoms with Gasteiger partial charge in [-0.3, -0.25) is 4.79 Å². The summed E-state index contributed by atoms with van der Waals surface area (Å²) in [5.41, 5.74) is 3.07. The number of hydrogen-bond acceptors (Lipinski definition) is 2. The van der Waals surface area contributed by atoms with Crippen LogP contribution in [0.2, 0.25) is 5.04 Å². The smallest absolute Gasteiger partial charge is 0.261 e. The molecule has 4 nitrogen and oxygen atoms in total. The van der Waals surface area contributed by atoms with Crippen LogP contribution in [0.3, 0.4) is 0 Å². The largest absolute Gasteiger partial charge is 1.00 e. The fraction of sp³-hybridized carbons (Fsp3) is 0.226. The number of hydrogen-bond donors (Lipinski definition) is 1. The van der Waals surface area contributed by atoms with Crippen LogP contribution in [0, 0.1) is 0 Å². The van der Waals surface area contributed by atoms with Crippen molar-refractivity contribution in [2.24, 2.45) is 0 Å². The van der Waals surface area contributed by atoms with Crippen LogP contribution >= 0.6 is 0 Å². The van der Waals surface area contributed by atoms with Gasteiger partial charge in [0.25, 0.3) is 8.32 Å². The highest BCUT2D eigenvalue weighted by Crippen LogP contribution is 2.42. The van der Waals surface area contributed by atoms with Gasteiger partial charge in [-0.2, -0.15) is 4.57 Å². The van der Waals surface area contributed by atoms with Crippen LogP contribution in [0.4, 0.5) is 5.69 Å². The number of nitrogens with one attached hydrogen (secondary N) is 1. The molecular formula is C31H33BrN2O2Si. The molecule has 0 aliphatic carbocycles. The first-order valence-corrected chi connectivity index (χ1v) is 14.4. The van der Waals surface area contributed by atoms with E-state index in [2.05, 4.69) is 104 Å². The van der Waals surface area contributed by atoms with Crippen LogP contribution in [0.15, 0.2) is 109 Å². The molecule has 0 radical (unpaired) electrons. The number of halogens is 1. The number of anilines is 1. The Morgan fingerprint density at radius 3 is 1.95 bits per heavy atom. The third kappa shape index (κ3) is 5.47. The van der Waals surface area contributed by atoms with Crippen molar-refractivity contribution >= 4 is 30.3 Å². The molecule has 4 aromatic rings. The van der Waals surface area contributed by atoms with Gasteiger partial charge in [0.1, 0.15) is 5.69 Å². The Hall–Kier alpha value is -3.06. The highest BCUT2D eigenvalue weighted by atomic mass is 79.9. The highest BCUT2D eigenvalue weighted by molar-refractivity contribution is 6.99. The van der Waals surface area contributed by atoms with E-state index in [0.29, 0.717) is 6.42 Å². The summed E-state index contributed by atoms with van der Waals surface area (Å²) in [5, 5.41) is 5.36. The van der Waals surface area contributed by atoms with Crippen molar-refractivity contribution in [3.8, 4) is 0 Å². The molecule has 0 saturated heterocycles. The number of amides is 1. The minimum absolute atomic E-state index is 0. The first-order chi connectivity index (χ1) is 17.4. The normalized spacial score (nSPS) is 15.3. The molecule has 0 saturated carbocycles. The number of nitrogens with zero attached hydrogens (tertiary/aromatic N) is 1. The molecule has 1 aliphatic rings. The Labute approximate surface area is 231 Å². The fourth-order valence-electron chi connectivity index (χ4n) is 5.32. The lowest BCUT2D eigenvalue weighted by molar-refractivity contribution is -0.687. The molecule has 1 unspecified atom stereocenters. The van der Waals surface area contributed by atoms with E-state index in [1.807, 2.05) is 36.5 Å². The molecule has 1 N–H and O–H groups in total. The van der Waals surface area contributed by atoms with Crippen molar-refractivity contribution in [3.63, 3.8) is 0 Å². The van der Waals surface area contributed by atoms with Crippen molar-refractivity contribution in [1.29, 1.82) is 0 Å². The predicted molar refractivity (Wildman–Crippen MR) is 147 cm³/mol. The Bertz CT molecular complexity index is 1300. The van der Waals surface area contributed by atoms with Gasteiger partial charge < -0.3 is 26.7 Å². The van der Waals surface area contributed by atoms with E-state index in [0.717, 1.165) is 17.8 Å². The van der Waals surface area contributed by atoms with E-state index in [-0.39, 0.29) is 34.0 Å². The molecule has 1 aliphatic heterocycles. The Morgan fingerprint density at radius 2 is 1.41 bits per heavy atom. The third-order valence-electron chi connectivity index (χ3n) is 6.99. The van der Waals surface area contributed by atoms with Gasteiger partial charge in [0, 0.05) is 17.2 Å². The summed E-state index contributed by atoms with van der Waals surface area (Å²) in [7, 11) is -2.80. The summed E-state index contributed by atoms with van der Waals surface area (Å²) < 4.78 is 9.45. The number of fused-ring (bicyclic) bond motifs is 1. The van der Waals surface area contributed by atoms with E-state index in [9.17, 15) is 4.79 Å². The molecule has 3 aromatic carbocycles. The maximum absolute atomic E-state index is 12.9. The molecule has 37 heavy (non-hydrogen) atoms. The molecular weight excluding hydrogens is 540 g/mol. The minimum atomic E-state index is -2.80. The average molecular weight is 574 g/mol. The number of pyridine rings is 1. The molecule has 6 heteroatoms. The fourth-order valence-corrected chi connectivity index (χ4v) is 9.97. The van der Waals surface area contributed by atoms with Gasteiger partial charge in [0.2, 0.25) is 5.91 Å². The minimum Gasteiger partial charge on any atom is -1.00 e. The zero-order chi connectivity index (χ0) is 25.2. The molecule has 1 atom stereocenters. The van der Waals surface area contributed by atoms with E-state index < -0.39 is 8.32 Å². The zero-order valence-corrected chi connectivity index (χ0v) is 24.1.